The molecule has 3 nitrogen and oxygen atoms in total. The molecule has 0 spiro atoms. The average Bonchev–Trinajstić information content (AvgIpc) is 3.17. The highest BCUT2D eigenvalue weighted by Gasteiger charge is 2.24. The minimum absolute atomic E-state index is 0.444. The van der Waals surface area contributed by atoms with Crippen molar-refractivity contribution in [1.82, 2.24) is 4.57 Å². The van der Waals surface area contributed by atoms with E-state index in [-0.39, 0.29) is 0 Å². The van der Waals surface area contributed by atoms with Crippen LogP contribution in [0.1, 0.15) is 30.9 Å². The minimum atomic E-state index is 0.444. The van der Waals surface area contributed by atoms with Crippen molar-refractivity contribution in [3.8, 4) is 28.5 Å². The molecule has 0 aliphatic rings. The Kier molecular flexibility index (Phi) is 7.29. The molecule has 0 atom stereocenters. The molecule has 0 amide bonds. The molecule has 1 heterocycles. The van der Waals surface area contributed by atoms with E-state index in [1.165, 1.54) is 0 Å². The van der Waals surface area contributed by atoms with Gasteiger partial charge < -0.3 is 4.57 Å². The zero-order chi connectivity index (χ0) is 23.2. The number of nitriles is 1. The highest BCUT2D eigenvalue weighted by atomic mass is 35.5. The third-order valence-corrected chi connectivity index (χ3v) is 6.33. The van der Waals surface area contributed by atoms with Gasteiger partial charge in [-0.15, -0.1) is 0 Å². The molecule has 0 saturated heterocycles. The number of aromatic nitrogens is 1. The van der Waals surface area contributed by atoms with Crippen LogP contribution < -0.4 is 0 Å². The van der Waals surface area contributed by atoms with Gasteiger partial charge in [0.1, 0.15) is 11.6 Å². The van der Waals surface area contributed by atoms with Crippen LogP contribution in [0.5, 0.6) is 0 Å². The molecule has 4 aromatic rings. The summed E-state index contributed by atoms with van der Waals surface area (Å²) >= 11 is 12.6. The smallest absolute Gasteiger partial charge is 0.151 e. The second kappa shape index (κ2) is 10.5. The summed E-state index contributed by atoms with van der Waals surface area (Å²) in [5.74, 6) is 0.625. The van der Waals surface area contributed by atoms with E-state index in [0.717, 1.165) is 41.8 Å². The van der Waals surface area contributed by atoms with Crippen LogP contribution in [0, 0.1) is 11.3 Å². The van der Waals surface area contributed by atoms with Gasteiger partial charge in [-0.1, -0.05) is 109 Å². The van der Waals surface area contributed by atoms with Gasteiger partial charge in [0.15, 0.2) is 5.82 Å². The molecule has 33 heavy (non-hydrogen) atoms. The lowest BCUT2D eigenvalue weighted by atomic mass is 9.98. The fraction of sp³-hybridized carbons (Fsp3) is 0.143. The fourth-order valence-electron chi connectivity index (χ4n) is 3.91. The summed E-state index contributed by atoms with van der Waals surface area (Å²) in [6, 6.07) is 28.1. The molecule has 0 radical (unpaired) electrons. The standard InChI is InChI=1S/C28H23Cl2N3/c1-2-3-17-33-27(21-13-8-5-9-14-21)25(20-11-6-4-7-12-20)23(18-31)28(33)32-19-22-15-10-16-24(29)26(22)30/h4-16,19H,2-3,17H2,1H3. The Morgan fingerprint density at radius 2 is 1.58 bits per heavy atom. The quantitative estimate of drug-likeness (QED) is 0.249. The van der Waals surface area contributed by atoms with Gasteiger partial charge >= 0.3 is 0 Å². The second-order valence-electron chi connectivity index (χ2n) is 7.67. The Labute approximate surface area is 204 Å². The van der Waals surface area contributed by atoms with Crippen LogP contribution in [0.4, 0.5) is 5.82 Å². The van der Waals surface area contributed by atoms with E-state index in [0.29, 0.717) is 27.0 Å². The summed E-state index contributed by atoms with van der Waals surface area (Å²) in [4.78, 5) is 4.81. The van der Waals surface area contributed by atoms with Crippen LogP contribution in [0.3, 0.4) is 0 Å². The van der Waals surface area contributed by atoms with Gasteiger partial charge in [-0.05, 0) is 23.6 Å². The summed E-state index contributed by atoms with van der Waals surface area (Å²) in [5.41, 5.74) is 5.18. The zero-order valence-corrected chi connectivity index (χ0v) is 19.8. The van der Waals surface area contributed by atoms with Gasteiger partial charge in [0, 0.05) is 23.9 Å². The van der Waals surface area contributed by atoms with E-state index in [9.17, 15) is 5.26 Å². The van der Waals surface area contributed by atoms with Crippen molar-refractivity contribution in [3.05, 3.63) is 100 Å². The molecule has 3 aromatic carbocycles. The third-order valence-electron chi connectivity index (χ3n) is 5.50. The number of hydrogen-bond donors (Lipinski definition) is 0. The number of aliphatic imine (C=N–C) groups is 1. The van der Waals surface area contributed by atoms with Crippen LogP contribution in [0.2, 0.25) is 10.0 Å². The summed E-state index contributed by atoms with van der Waals surface area (Å²) in [5, 5.41) is 11.2. The predicted molar refractivity (Wildman–Crippen MR) is 139 cm³/mol. The zero-order valence-electron chi connectivity index (χ0n) is 18.3. The third kappa shape index (κ3) is 4.73. The Balaban J connectivity index is 2.01. The first-order valence-electron chi connectivity index (χ1n) is 10.9. The maximum absolute atomic E-state index is 10.3. The molecule has 0 fully saturated rings. The van der Waals surface area contributed by atoms with E-state index in [1.807, 2.05) is 60.7 Å². The molecule has 164 valence electrons. The largest absolute Gasteiger partial charge is 0.324 e. The highest BCUT2D eigenvalue weighted by Crippen LogP contribution is 2.43. The van der Waals surface area contributed by atoms with Crippen molar-refractivity contribution in [3.63, 3.8) is 0 Å². The number of nitrogens with zero attached hydrogens (tertiary/aromatic N) is 3. The lowest BCUT2D eigenvalue weighted by molar-refractivity contribution is 0.642. The number of halogens is 2. The number of hydrogen-bond acceptors (Lipinski definition) is 2. The topological polar surface area (TPSA) is 41.1 Å². The van der Waals surface area contributed by atoms with Crippen LogP contribution >= 0.6 is 23.2 Å². The van der Waals surface area contributed by atoms with Crippen molar-refractivity contribution in [2.24, 2.45) is 4.99 Å². The molecule has 0 aliphatic carbocycles. The van der Waals surface area contributed by atoms with Gasteiger partial charge in [0.2, 0.25) is 0 Å². The average molecular weight is 472 g/mol. The van der Waals surface area contributed by atoms with Crippen molar-refractivity contribution < 1.29 is 0 Å². The van der Waals surface area contributed by atoms with E-state index >= 15 is 0 Å². The first-order valence-corrected chi connectivity index (χ1v) is 11.7. The normalized spacial score (nSPS) is 11.1. The molecule has 0 bridgehead atoms. The van der Waals surface area contributed by atoms with E-state index in [4.69, 9.17) is 28.2 Å². The lowest BCUT2D eigenvalue weighted by Gasteiger charge is -2.13. The Bertz CT molecular complexity index is 1320. The van der Waals surface area contributed by atoms with E-state index in [2.05, 4.69) is 29.7 Å². The molecular weight excluding hydrogens is 449 g/mol. The molecule has 4 rings (SSSR count). The number of benzene rings is 3. The summed E-state index contributed by atoms with van der Waals surface area (Å²) in [7, 11) is 0. The fourth-order valence-corrected chi connectivity index (χ4v) is 4.27. The molecule has 5 heteroatoms. The predicted octanol–water partition coefficient (Wildman–Crippen LogP) is 8.55. The van der Waals surface area contributed by atoms with Gasteiger partial charge in [-0.25, -0.2) is 4.99 Å². The van der Waals surface area contributed by atoms with E-state index in [1.54, 1.807) is 12.3 Å². The number of unbranched alkanes of at least 4 members (excludes halogenated alkanes) is 1. The second-order valence-corrected chi connectivity index (χ2v) is 8.46. The minimum Gasteiger partial charge on any atom is -0.324 e. The first kappa shape index (κ1) is 22.9. The summed E-state index contributed by atoms with van der Waals surface area (Å²) in [6.07, 6.45) is 3.68. The Morgan fingerprint density at radius 3 is 2.21 bits per heavy atom. The highest BCUT2D eigenvalue weighted by molar-refractivity contribution is 6.43. The van der Waals surface area contributed by atoms with Gasteiger partial charge in [0.25, 0.3) is 0 Å². The Morgan fingerprint density at radius 1 is 0.909 bits per heavy atom. The number of rotatable bonds is 7. The van der Waals surface area contributed by atoms with Crippen LogP contribution in [0.15, 0.2) is 83.9 Å². The molecular formula is C28H23Cl2N3. The molecule has 0 saturated carbocycles. The van der Waals surface area contributed by atoms with Crippen molar-refractivity contribution in [2.45, 2.75) is 26.3 Å². The first-order chi connectivity index (χ1) is 16.2. The maximum Gasteiger partial charge on any atom is 0.151 e. The Hall–Kier alpha value is -3.32. The summed E-state index contributed by atoms with van der Waals surface area (Å²) in [6.45, 7) is 2.90. The van der Waals surface area contributed by atoms with Gasteiger partial charge in [0.05, 0.1) is 15.7 Å². The molecule has 1 aromatic heterocycles. The van der Waals surface area contributed by atoms with Gasteiger partial charge in [-0.3, -0.25) is 0 Å². The van der Waals surface area contributed by atoms with Crippen LogP contribution in [-0.2, 0) is 6.54 Å². The monoisotopic (exact) mass is 471 g/mol. The van der Waals surface area contributed by atoms with Crippen molar-refractivity contribution in [1.29, 1.82) is 5.26 Å². The molecule has 0 aliphatic heterocycles. The molecule has 0 unspecified atom stereocenters. The SMILES string of the molecule is CCCCn1c(N=Cc2cccc(Cl)c2Cl)c(C#N)c(-c2ccccc2)c1-c1ccccc1. The summed E-state index contributed by atoms with van der Waals surface area (Å²) < 4.78 is 2.16. The van der Waals surface area contributed by atoms with Crippen LogP contribution in [-0.4, -0.2) is 10.8 Å². The van der Waals surface area contributed by atoms with Crippen LogP contribution in [0.25, 0.3) is 22.4 Å². The van der Waals surface area contributed by atoms with Crippen molar-refractivity contribution in [2.75, 3.05) is 0 Å². The van der Waals surface area contributed by atoms with Gasteiger partial charge in [-0.2, -0.15) is 5.26 Å². The van der Waals surface area contributed by atoms with Crippen molar-refractivity contribution >= 4 is 35.2 Å². The lowest BCUT2D eigenvalue weighted by Crippen LogP contribution is -2.01. The maximum atomic E-state index is 10.3. The van der Waals surface area contributed by atoms with E-state index < -0.39 is 0 Å². The molecule has 0 N–H and O–H groups in total.